The summed E-state index contributed by atoms with van der Waals surface area (Å²) in [4.78, 5) is 14.8. The topological polar surface area (TPSA) is 63.9 Å². The van der Waals surface area contributed by atoms with E-state index < -0.39 is 0 Å². The zero-order valence-corrected chi connectivity index (χ0v) is 20.4. The molecule has 1 amide bonds. The monoisotopic (exact) mass is 488 g/mol. The Morgan fingerprint density at radius 3 is 2.22 bits per heavy atom. The normalized spacial score (nSPS) is 10.9. The van der Waals surface area contributed by atoms with Crippen molar-refractivity contribution in [3.8, 4) is 11.5 Å². The largest absolute Gasteiger partial charge is 0.493 e. The zero-order chi connectivity index (χ0) is 25.3. The quantitative estimate of drug-likeness (QED) is 0.299. The molecule has 0 bridgehead atoms. The van der Waals surface area contributed by atoms with Gasteiger partial charge in [0.1, 0.15) is 11.6 Å². The van der Waals surface area contributed by atoms with Crippen molar-refractivity contribution in [1.29, 1.82) is 0 Å². The maximum atomic E-state index is 13.1. The SMILES string of the molecule is COc1ccc(CN(Cc2ccccc2)Cc2ccc(C(=O)NCc3ccc(F)cc3)o2)cc1OC. The van der Waals surface area contributed by atoms with Gasteiger partial charge in [-0.1, -0.05) is 48.5 Å². The Hall–Kier alpha value is -4.10. The molecule has 7 heteroatoms. The predicted molar refractivity (Wildman–Crippen MR) is 135 cm³/mol. The first-order chi connectivity index (χ1) is 17.5. The fraction of sp³-hybridized carbons (Fsp3) is 0.207. The molecular weight excluding hydrogens is 459 g/mol. The van der Waals surface area contributed by atoms with E-state index in [0.29, 0.717) is 36.9 Å². The van der Waals surface area contributed by atoms with Crippen molar-refractivity contribution >= 4 is 5.91 Å². The van der Waals surface area contributed by atoms with Gasteiger partial charge in [0.15, 0.2) is 17.3 Å². The van der Waals surface area contributed by atoms with Crippen molar-refractivity contribution in [2.75, 3.05) is 14.2 Å². The van der Waals surface area contributed by atoms with Crippen LogP contribution in [0, 0.1) is 5.82 Å². The number of rotatable bonds is 11. The molecule has 0 spiro atoms. The molecule has 4 aromatic rings. The van der Waals surface area contributed by atoms with E-state index in [2.05, 4.69) is 22.3 Å². The van der Waals surface area contributed by atoms with Crippen molar-refractivity contribution < 1.29 is 23.1 Å². The van der Waals surface area contributed by atoms with Crippen molar-refractivity contribution in [1.82, 2.24) is 10.2 Å². The number of ether oxygens (including phenoxy) is 2. The van der Waals surface area contributed by atoms with Crippen LogP contribution in [-0.2, 0) is 26.2 Å². The molecular formula is C29H29FN2O4. The summed E-state index contributed by atoms with van der Waals surface area (Å²) in [7, 11) is 3.23. The van der Waals surface area contributed by atoms with Gasteiger partial charge in [-0.3, -0.25) is 9.69 Å². The van der Waals surface area contributed by atoms with Crippen LogP contribution in [0.25, 0.3) is 0 Å². The number of benzene rings is 3. The summed E-state index contributed by atoms with van der Waals surface area (Å²) in [5.41, 5.74) is 3.04. The molecule has 6 nitrogen and oxygen atoms in total. The first-order valence-corrected chi connectivity index (χ1v) is 11.6. The lowest BCUT2D eigenvalue weighted by molar-refractivity contribution is 0.0918. The Labute approximate surface area is 210 Å². The highest BCUT2D eigenvalue weighted by Gasteiger charge is 2.16. The van der Waals surface area contributed by atoms with Gasteiger partial charge in [-0.05, 0) is 53.1 Å². The van der Waals surface area contributed by atoms with Gasteiger partial charge in [-0.15, -0.1) is 0 Å². The van der Waals surface area contributed by atoms with Crippen LogP contribution in [0.1, 0.15) is 33.0 Å². The average Bonchev–Trinajstić information content (AvgIpc) is 3.37. The Morgan fingerprint density at radius 2 is 1.50 bits per heavy atom. The van der Waals surface area contributed by atoms with Gasteiger partial charge in [-0.2, -0.15) is 0 Å². The summed E-state index contributed by atoms with van der Waals surface area (Å²) in [6, 6.07) is 25.6. The standard InChI is InChI=1S/C29H29FN2O4/c1-34-26-14-10-23(16-28(26)35-2)19-32(18-22-6-4-3-5-7-22)20-25-13-15-27(36-25)29(33)31-17-21-8-11-24(30)12-9-21/h3-16H,17-20H2,1-2H3,(H,31,33). The van der Waals surface area contributed by atoms with Gasteiger partial charge in [0.2, 0.25) is 0 Å². The number of nitrogens with one attached hydrogen (secondary N) is 1. The second-order valence-electron chi connectivity index (χ2n) is 8.40. The third kappa shape index (κ3) is 6.73. The van der Waals surface area contributed by atoms with Gasteiger partial charge in [-0.25, -0.2) is 4.39 Å². The number of halogens is 1. The smallest absolute Gasteiger partial charge is 0.287 e. The second-order valence-corrected chi connectivity index (χ2v) is 8.40. The fourth-order valence-electron chi connectivity index (χ4n) is 3.92. The molecule has 0 aliphatic rings. The summed E-state index contributed by atoms with van der Waals surface area (Å²) < 4.78 is 29.8. The number of hydrogen-bond donors (Lipinski definition) is 1. The van der Waals surface area contributed by atoms with Crippen molar-refractivity contribution in [2.45, 2.75) is 26.2 Å². The average molecular weight is 489 g/mol. The van der Waals surface area contributed by atoms with Gasteiger partial charge in [0, 0.05) is 19.6 Å². The number of carbonyl (C=O) groups excluding carboxylic acids is 1. The highest BCUT2D eigenvalue weighted by Crippen LogP contribution is 2.28. The summed E-state index contributed by atoms with van der Waals surface area (Å²) >= 11 is 0. The zero-order valence-electron chi connectivity index (χ0n) is 20.4. The molecule has 3 aromatic carbocycles. The third-order valence-electron chi connectivity index (χ3n) is 5.73. The maximum absolute atomic E-state index is 13.1. The summed E-state index contributed by atoms with van der Waals surface area (Å²) in [5.74, 6) is 1.64. The molecule has 0 radical (unpaired) electrons. The minimum absolute atomic E-state index is 0.234. The molecule has 1 aromatic heterocycles. The lowest BCUT2D eigenvalue weighted by Crippen LogP contribution is -2.23. The van der Waals surface area contributed by atoms with Gasteiger partial charge in [0.05, 0.1) is 20.8 Å². The molecule has 186 valence electrons. The number of nitrogens with zero attached hydrogens (tertiary/aromatic N) is 1. The predicted octanol–water partition coefficient (Wildman–Crippen LogP) is 5.57. The van der Waals surface area contributed by atoms with E-state index >= 15 is 0 Å². The first kappa shape index (κ1) is 25.0. The van der Waals surface area contributed by atoms with Crippen LogP contribution in [0.2, 0.25) is 0 Å². The summed E-state index contributed by atoms with van der Waals surface area (Å²) in [5, 5.41) is 2.81. The fourth-order valence-corrected chi connectivity index (χ4v) is 3.92. The Bertz CT molecular complexity index is 1270. The molecule has 0 unspecified atom stereocenters. The molecule has 0 fully saturated rings. The minimum atomic E-state index is -0.319. The Balaban J connectivity index is 1.45. The van der Waals surface area contributed by atoms with E-state index in [0.717, 1.165) is 11.1 Å². The summed E-state index contributed by atoms with van der Waals surface area (Å²) in [6.45, 7) is 2.13. The van der Waals surface area contributed by atoms with Gasteiger partial charge < -0.3 is 19.2 Å². The van der Waals surface area contributed by atoms with E-state index in [1.165, 1.54) is 17.7 Å². The molecule has 4 rings (SSSR count). The van der Waals surface area contributed by atoms with E-state index in [4.69, 9.17) is 13.9 Å². The Kier molecular flexibility index (Phi) is 8.36. The second kappa shape index (κ2) is 12.0. The van der Waals surface area contributed by atoms with Crippen molar-refractivity contribution in [2.24, 2.45) is 0 Å². The molecule has 1 heterocycles. The first-order valence-electron chi connectivity index (χ1n) is 11.6. The van der Waals surface area contributed by atoms with E-state index in [9.17, 15) is 9.18 Å². The Morgan fingerprint density at radius 1 is 0.806 bits per heavy atom. The highest BCUT2D eigenvalue weighted by molar-refractivity contribution is 5.91. The van der Waals surface area contributed by atoms with E-state index in [1.54, 1.807) is 32.4 Å². The van der Waals surface area contributed by atoms with Crippen molar-refractivity contribution in [3.63, 3.8) is 0 Å². The minimum Gasteiger partial charge on any atom is -0.493 e. The third-order valence-corrected chi connectivity index (χ3v) is 5.73. The molecule has 0 atom stereocenters. The van der Waals surface area contributed by atoms with Crippen LogP contribution in [0.5, 0.6) is 11.5 Å². The lowest BCUT2D eigenvalue weighted by Gasteiger charge is -2.22. The molecule has 1 N–H and O–H groups in total. The number of furan rings is 1. The van der Waals surface area contributed by atoms with Crippen LogP contribution < -0.4 is 14.8 Å². The van der Waals surface area contributed by atoms with Crippen LogP contribution in [0.3, 0.4) is 0 Å². The van der Waals surface area contributed by atoms with E-state index in [1.807, 2.05) is 42.5 Å². The van der Waals surface area contributed by atoms with Gasteiger partial charge in [0.25, 0.3) is 5.91 Å². The van der Waals surface area contributed by atoms with Gasteiger partial charge >= 0.3 is 0 Å². The van der Waals surface area contributed by atoms with E-state index in [-0.39, 0.29) is 24.0 Å². The van der Waals surface area contributed by atoms with Crippen molar-refractivity contribution in [3.05, 3.63) is 119 Å². The molecule has 0 saturated carbocycles. The van der Waals surface area contributed by atoms with Crippen LogP contribution >= 0.6 is 0 Å². The number of carbonyl (C=O) groups is 1. The number of hydrogen-bond acceptors (Lipinski definition) is 5. The molecule has 0 saturated heterocycles. The van der Waals surface area contributed by atoms with Crippen LogP contribution in [-0.4, -0.2) is 25.0 Å². The molecule has 0 aliphatic carbocycles. The van der Waals surface area contributed by atoms with Crippen LogP contribution in [0.15, 0.2) is 89.3 Å². The van der Waals surface area contributed by atoms with Crippen LogP contribution in [0.4, 0.5) is 4.39 Å². The number of methoxy groups -OCH3 is 2. The summed E-state index contributed by atoms with van der Waals surface area (Å²) in [6.07, 6.45) is 0. The molecule has 36 heavy (non-hydrogen) atoms. The maximum Gasteiger partial charge on any atom is 0.287 e. The molecule has 0 aliphatic heterocycles. The number of amides is 1. The lowest BCUT2D eigenvalue weighted by atomic mass is 10.1. The highest BCUT2D eigenvalue weighted by atomic mass is 19.1.